The van der Waals surface area contributed by atoms with Gasteiger partial charge in [-0.3, -0.25) is 0 Å². The Bertz CT molecular complexity index is 839. The maximum absolute atomic E-state index is 13.6. The van der Waals surface area contributed by atoms with Gasteiger partial charge in [0, 0.05) is 35.7 Å². The van der Waals surface area contributed by atoms with Crippen LogP contribution in [0.1, 0.15) is 29.0 Å². The average Bonchev–Trinajstić information content (AvgIpc) is 3.09. The maximum Gasteiger partial charge on any atom is 0.164 e. The van der Waals surface area contributed by atoms with Gasteiger partial charge in [0.15, 0.2) is 11.5 Å². The SMILES string of the molecule is COc1cc(OC)c2c(c1OC)CCC1C(Cc3cccc(F)c3)NCC21. The Hall–Kier alpha value is -2.27. The molecule has 1 fully saturated rings. The van der Waals surface area contributed by atoms with E-state index in [0.29, 0.717) is 23.6 Å². The fraction of sp³-hybridized carbons (Fsp3) is 0.455. The van der Waals surface area contributed by atoms with Gasteiger partial charge < -0.3 is 19.5 Å². The summed E-state index contributed by atoms with van der Waals surface area (Å²) < 4.78 is 30.5. The van der Waals surface area contributed by atoms with Gasteiger partial charge in [0.2, 0.25) is 0 Å². The van der Waals surface area contributed by atoms with Crippen LogP contribution in [0.3, 0.4) is 0 Å². The van der Waals surface area contributed by atoms with Crippen LogP contribution in [0, 0.1) is 11.7 Å². The van der Waals surface area contributed by atoms with Crippen molar-refractivity contribution >= 4 is 0 Å². The predicted octanol–water partition coefficient (Wildman–Crippen LogP) is 3.71. The second-order valence-electron chi connectivity index (χ2n) is 7.36. The van der Waals surface area contributed by atoms with E-state index in [1.165, 1.54) is 17.2 Å². The van der Waals surface area contributed by atoms with E-state index in [0.717, 1.165) is 42.9 Å². The monoisotopic (exact) mass is 371 g/mol. The molecule has 0 aromatic heterocycles. The van der Waals surface area contributed by atoms with E-state index in [9.17, 15) is 4.39 Å². The first-order chi connectivity index (χ1) is 13.2. The number of ether oxygens (including phenoxy) is 3. The highest BCUT2D eigenvalue weighted by Gasteiger charge is 2.43. The van der Waals surface area contributed by atoms with E-state index in [-0.39, 0.29) is 5.82 Å². The van der Waals surface area contributed by atoms with Gasteiger partial charge in [0.25, 0.3) is 0 Å². The lowest BCUT2D eigenvalue weighted by atomic mass is 9.73. The first-order valence-corrected chi connectivity index (χ1v) is 9.45. The summed E-state index contributed by atoms with van der Waals surface area (Å²) in [6, 6.07) is 9.19. The molecule has 2 aliphatic rings. The molecular formula is C22H26FNO3. The van der Waals surface area contributed by atoms with Crippen LogP contribution in [0.25, 0.3) is 0 Å². The van der Waals surface area contributed by atoms with Gasteiger partial charge in [-0.25, -0.2) is 4.39 Å². The normalized spacial score (nSPS) is 23.5. The summed E-state index contributed by atoms with van der Waals surface area (Å²) in [5.41, 5.74) is 3.47. The zero-order valence-corrected chi connectivity index (χ0v) is 16.0. The van der Waals surface area contributed by atoms with Crippen LogP contribution >= 0.6 is 0 Å². The lowest BCUT2D eigenvalue weighted by molar-refractivity contribution is 0.322. The highest BCUT2D eigenvalue weighted by molar-refractivity contribution is 5.60. The first kappa shape index (κ1) is 18.1. The third-order valence-electron chi connectivity index (χ3n) is 6.07. The average molecular weight is 371 g/mol. The smallest absolute Gasteiger partial charge is 0.164 e. The van der Waals surface area contributed by atoms with E-state index >= 15 is 0 Å². The van der Waals surface area contributed by atoms with Crippen LogP contribution in [-0.4, -0.2) is 33.9 Å². The van der Waals surface area contributed by atoms with Crippen molar-refractivity contribution in [1.82, 2.24) is 5.32 Å². The van der Waals surface area contributed by atoms with Crippen molar-refractivity contribution in [2.45, 2.75) is 31.2 Å². The molecule has 2 aromatic rings. The maximum atomic E-state index is 13.6. The first-order valence-electron chi connectivity index (χ1n) is 9.45. The number of nitrogens with one attached hydrogen (secondary N) is 1. The third kappa shape index (κ3) is 3.14. The number of benzene rings is 2. The molecule has 27 heavy (non-hydrogen) atoms. The molecule has 0 radical (unpaired) electrons. The third-order valence-corrected chi connectivity index (χ3v) is 6.07. The number of hydrogen-bond donors (Lipinski definition) is 1. The Morgan fingerprint density at radius 2 is 1.89 bits per heavy atom. The highest BCUT2D eigenvalue weighted by atomic mass is 19.1. The second kappa shape index (κ2) is 7.39. The van der Waals surface area contributed by atoms with Crippen molar-refractivity contribution in [2.75, 3.05) is 27.9 Å². The molecule has 0 spiro atoms. The summed E-state index contributed by atoms with van der Waals surface area (Å²) in [6.07, 6.45) is 2.83. The molecular weight excluding hydrogens is 345 g/mol. The molecule has 1 aliphatic carbocycles. The predicted molar refractivity (Wildman–Crippen MR) is 103 cm³/mol. The molecule has 1 aliphatic heterocycles. The molecule has 2 aromatic carbocycles. The van der Waals surface area contributed by atoms with Gasteiger partial charge in [-0.1, -0.05) is 12.1 Å². The fourth-order valence-corrected chi connectivity index (χ4v) is 4.91. The number of methoxy groups -OCH3 is 3. The molecule has 0 amide bonds. The Balaban J connectivity index is 1.67. The number of hydrogen-bond acceptors (Lipinski definition) is 4. The van der Waals surface area contributed by atoms with Crippen LogP contribution in [0.5, 0.6) is 17.2 Å². The molecule has 0 saturated carbocycles. The Morgan fingerprint density at radius 1 is 1.07 bits per heavy atom. The fourth-order valence-electron chi connectivity index (χ4n) is 4.91. The summed E-state index contributed by atoms with van der Waals surface area (Å²) in [5, 5.41) is 3.67. The van der Waals surface area contributed by atoms with Gasteiger partial charge >= 0.3 is 0 Å². The van der Waals surface area contributed by atoms with Crippen molar-refractivity contribution in [3.05, 3.63) is 52.8 Å². The molecule has 3 unspecified atom stereocenters. The molecule has 144 valence electrons. The lowest BCUT2D eigenvalue weighted by Crippen LogP contribution is -2.31. The summed E-state index contributed by atoms with van der Waals surface area (Å²) in [5.74, 6) is 3.09. The number of halogens is 1. The van der Waals surface area contributed by atoms with Crippen LogP contribution in [0.2, 0.25) is 0 Å². The Kier molecular flexibility index (Phi) is 4.96. The van der Waals surface area contributed by atoms with Crippen molar-refractivity contribution in [1.29, 1.82) is 0 Å². The zero-order chi connectivity index (χ0) is 19.0. The largest absolute Gasteiger partial charge is 0.496 e. The van der Waals surface area contributed by atoms with Gasteiger partial charge in [-0.15, -0.1) is 0 Å². The van der Waals surface area contributed by atoms with Crippen molar-refractivity contribution in [3.63, 3.8) is 0 Å². The topological polar surface area (TPSA) is 39.7 Å². The second-order valence-corrected chi connectivity index (χ2v) is 7.36. The van der Waals surface area contributed by atoms with Crippen LogP contribution in [-0.2, 0) is 12.8 Å². The van der Waals surface area contributed by atoms with Crippen LogP contribution in [0.4, 0.5) is 4.39 Å². The van der Waals surface area contributed by atoms with Crippen LogP contribution < -0.4 is 19.5 Å². The van der Waals surface area contributed by atoms with Crippen LogP contribution in [0.15, 0.2) is 30.3 Å². The Labute approximate surface area is 159 Å². The molecule has 4 rings (SSSR count). The minimum atomic E-state index is -0.172. The molecule has 1 saturated heterocycles. The van der Waals surface area contributed by atoms with Crippen molar-refractivity contribution < 1.29 is 18.6 Å². The zero-order valence-electron chi connectivity index (χ0n) is 16.0. The summed E-state index contributed by atoms with van der Waals surface area (Å²) in [4.78, 5) is 0. The van der Waals surface area contributed by atoms with E-state index < -0.39 is 0 Å². The summed E-state index contributed by atoms with van der Waals surface area (Å²) >= 11 is 0. The number of rotatable bonds is 5. The van der Waals surface area contributed by atoms with Crippen molar-refractivity contribution in [2.24, 2.45) is 5.92 Å². The van der Waals surface area contributed by atoms with Gasteiger partial charge in [-0.05, 0) is 42.9 Å². The molecule has 1 N–H and O–H groups in total. The molecule has 0 bridgehead atoms. The lowest BCUT2D eigenvalue weighted by Gasteiger charge is -2.33. The molecule has 4 nitrogen and oxygen atoms in total. The van der Waals surface area contributed by atoms with Gasteiger partial charge in [-0.2, -0.15) is 0 Å². The quantitative estimate of drug-likeness (QED) is 0.870. The van der Waals surface area contributed by atoms with Gasteiger partial charge in [0.05, 0.1) is 21.3 Å². The minimum Gasteiger partial charge on any atom is -0.496 e. The summed E-state index contributed by atoms with van der Waals surface area (Å²) in [6.45, 7) is 0.892. The van der Waals surface area contributed by atoms with E-state index in [4.69, 9.17) is 14.2 Å². The van der Waals surface area contributed by atoms with E-state index in [2.05, 4.69) is 5.32 Å². The summed E-state index contributed by atoms with van der Waals surface area (Å²) in [7, 11) is 5.05. The number of fused-ring (bicyclic) bond motifs is 3. The molecule has 5 heteroatoms. The highest BCUT2D eigenvalue weighted by Crippen LogP contribution is 2.51. The molecule has 3 atom stereocenters. The minimum absolute atomic E-state index is 0.172. The Morgan fingerprint density at radius 3 is 2.59 bits per heavy atom. The van der Waals surface area contributed by atoms with E-state index in [1.54, 1.807) is 33.5 Å². The standard InChI is InChI=1S/C22H26FNO3/c1-25-19-11-20(26-2)22(27-3)16-8-7-15-17(21(16)19)12-24-18(15)10-13-5-4-6-14(23)9-13/h4-6,9,11,15,17-18,24H,7-8,10,12H2,1-3H3. The molecule has 1 heterocycles. The van der Waals surface area contributed by atoms with Gasteiger partial charge in [0.1, 0.15) is 11.6 Å². The van der Waals surface area contributed by atoms with Crippen molar-refractivity contribution in [3.8, 4) is 17.2 Å². The van der Waals surface area contributed by atoms with E-state index in [1.807, 2.05) is 12.1 Å².